The summed E-state index contributed by atoms with van der Waals surface area (Å²) in [5.74, 6) is 1.76. The molecule has 2 aromatic rings. The molecule has 0 aliphatic rings. The molecule has 0 unspecified atom stereocenters. The Morgan fingerprint density at radius 2 is 2.00 bits per heavy atom. The first kappa shape index (κ1) is 14.4. The average molecular weight is 299 g/mol. The number of furan rings is 1. The van der Waals surface area contributed by atoms with Crippen LogP contribution in [0.25, 0.3) is 11.3 Å². The van der Waals surface area contributed by atoms with Crippen LogP contribution in [0.4, 0.5) is 0 Å². The van der Waals surface area contributed by atoms with Crippen molar-refractivity contribution in [2.24, 2.45) is 0 Å². The summed E-state index contributed by atoms with van der Waals surface area (Å²) in [4.78, 5) is 0. The highest BCUT2D eigenvalue weighted by Gasteiger charge is 2.09. The molecule has 0 saturated heterocycles. The topological polar surface area (TPSA) is 29.8 Å². The van der Waals surface area contributed by atoms with Gasteiger partial charge < -0.3 is 9.73 Å². The minimum Gasteiger partial charge on any atom is -0.455 e. The van der Waals surface area contributed by atoms with Crippen LogP contribution in [0.15, 0.2) is 34.7 Å². The van der Waals surface area contributed by atoms with Crippen LogP contribution < -0.4 is 5.32 Å². The van der Waals surface area contributed by atoms with Crippen molar-refractivity contribution in [1.82, 2.24) is 0 Å². The Labute approximate surface area is 123 Å². The molecular formula is C15H18Cl2NO+. The zero-order valence-corrected chi connectivity index (χ0v) is 12.5. The van der Waals surface area contributed by atoms with E-state index in [0.717, 1.165) is 30.2 Å². The Morgan fingerprint density at radius 1 is 1.16 bits per heavy atom. The molecule has 2 nitrogen and oxygen atoms in total. The van der Waals surface area contributed by atoms with E-state index in [0.29, 0.717) is 10.0 Å². The lowest BCUT2D eigenvalue weighted by atomic mass is 10.2. The predicted octanol–water partition coefficient (Wildman–Crippen LogP) is 4.12. The number of nitrogens with two attached hydrogens (primary N) is 1. The largest absolute Gasteiger partial charge is 0.455 e. The summed E-state index contributed by atoms with van der Waals surface area (Å²) >= 11 is 12.1. The van der Waals surface area contributed by atoms with E-state index in [4.69, 9.17) is 27.6 Å². The number of halogens is 2. The van der Waals surface area contributed by atoms with Gasteiger partial charge in [-0.15, -0.1) is 0 Å². The Morgan fingerprint density at radius 3 is 2.74 bits per heavy atom. The van der Waals surface area contributed by atoms with Crippen LogP contribution >= 0.6 is 23.2 Å². The fraction of sp³-hybridized carbons (Fsp3) is 0.333. The van der Waals surface area contributed by atoms with Crippen LogP contribution in [0, 0.1) is 0 Å². The molecule has 1 heterocycles. The molecule has 2 N–H and O–H groups in total. The van der Waals surface area contributed by atoms with Gasteiger partial charge in [0.1, 0.15) is 12.3 Å². The normalized spacial score (nSPS) is 10.9. The number of quaternary nitrogens is 1. The first-order valence-electron chi connectivity index (χ1n) is 6.56. The van der Waals surface area contributed by atoms with Crippen LogP contribution in [0.1, 0.15) is 25.5 Å². The SMILES string of the molecule is CCCC[NH2+]Cc1ccc(-c2ccc(Cl)cc2Cl)o1. The molecule has 0 atom stereocenters. The highest BCUT2D eigenvalue weighted by atomic mass is 35.5. The maximum atomic E-state index is 6.17. The van der Waals surface area contributed by atoms with Gasteiger partial charge in [-0.2, -0.15) is 0 Å². The van der Waals surface area contributed by atoms with E-state index >= 15 is 0 Å². The van der Waals surface area contributed by atoms with E-state index in [1.807, 2.05) is 24.3 Å². The second kappa shape index (κ2) is 6.99. The van der Waals surface area contributed by atoms with Crippen molar-refractivity contribution >= 4 is 23.2 Å². The minimum atomic E-state index is 0.614. The molecule has 0 aliphatic heterocycles. The molecule has 19 heavy (non-hydrogen) atoms. The van der Waals surface area contributed by atoms with Crippen molar-refractivity contribution in [2.75, 3.05) is 6.54 Å². The molecular weight excluding hydrogens is 281 g/mol. The zero-order valence-electron chi connectivity index (χ0n) is 11.0. The van der Waals surface area contributed by atoms with Crippen molar-refractivity contribution in [3.05, 3.63) is 46.1 Å². The van der Waals surface area contributed by atoms with Crippen LogP contribution in [0.2, 0.25) is 10.0 Å². The van der Waals surface area contributed by atoms with Crippen molar-refractivity contribution in [3.8, 4) is 11.3 Å². The third kappa shape index (κ3) is 4.00. The van der Waals surface area contributed by atoms with Crippen LogP contribution in [0.3, 0.4) is 0 Å². The smallest absolute Gasteiger partial charge is 0.158 e. The molecule has 1 aromatic heterocycles. The van der Waals surface area contributed by atoms with Crippen molar-refractivity contribution in [3.63, 3.8) is 0 Å². The first-order chi connectivity index (χ1) is 9.20. The molecule has 4 heteroatoms. The van der Waals surface area contributed by atoms with Gasteiger partial charge in [-0.05, 0) is 36.8 Å². The maximum absolute atomic E-state index is 6.17. The monoisotopic (exact) mass is 298 g/mol. The predicted molar refractivity (Wildman–Crippen MR) is 79.6 cm³/mol. The van der Waals surface area contributed by atoms with E-state index < -0.39 is 0 Å². The summed E-state index contributed by atoms with van der Waals surface area (Å²) in [7, 11) is 0. The lowest BCUT2D eigenvalue weighted by Gasteiger charge is -2.01. The third-order valence-corrected chi connectivity index (χ3v) is 3.51. The van der Waals surface area contributed by atoms with E-state index in [2.05, 4.69) is 12.2 Å². The van der Waals surface area contributed by atoms with Gasteiger partial charge in [0.15, 0.2) is 5.76 Å². The van der Waals surface area contributed by atoms with Crippen LogP contribution in [-0.4, -0.2) is 6.54 Å². The van der Waals surface area contributed by atoms with Gasteiger partial charge in [-0.25, -0.2) is 0 Å². The lowest BCUT2D eigenvalue weighted by Crippen LogP contribution is -2.82. The first-order valence-corrected chi connectivity index (χ1v) is 7.32. The van der Waals surface area contributed by atoms with Gasteiger partial charge in [0.05, 0.1) is 11.6 Å². The molecule has 0 radical (unpaired) electrons. The third-order valence-electron chi connectivity index (χ3n) is 2.97. The highest BCUT2D eigenvalue weighted by molar-refractivity contribution is 6.36. The molecule has 1 aromatic carbocycles. The fourth-order valence-corrected chi connectivity index (χ4v) is 2.42. The van der Waals surface area contributed by atoms with E-state index in [-0.39, 0.29) is 0 Å². The van der Waals surface area contributed by atoms with Crippen molar-refractivity contribution in [2.45, 2.75) is 26.3 Å². The van der Waals surface area contributed by atoms with E-state index in [9.17, 15) is 0 Å². The average Bonchev–Trinajstić information content (AvgIpc) is 2.83. The molecule has 0 bridgehead atoms. The summed E-state index contributed by atoms with van der Waals surface area (Å²) in [6, 6.07) is 9.39. The van der Waals surface area contributed by atoms with Crippen molar-refractivity contribution in [1.29, 1.82) is 0 Å². The summed E-state index contributed by atoms with van der Waals surface area (Å²) in [5.41, 5.74) is 0.880. The van der Waals surface area contributed by atoms with E-state index in [1.165, 1.54) is 12.8 Å². The number of unbranched alkanes of at least 4 members (excludes halogenated alkanes) is 1. The number of rotatable bonds is 6. The molecule has 0 aliphatic carbocycles. The Bertz CT molecular complexity index is 537. The van der Waals surface area contributed by atoms with Crippen LogP contribution in [-0.2, 0) is 6.54 Å². The van der Waals surface area contributed by atoms with E-state index in [1.54, 1.807) is 6.07 Å². The molecule has 0 amide bonds. The molecule has 102 valence electrons. The Balaban J connectivity index is 2.04. The zero-order chi connectivity index (χ0) is 13.7. The standard InChI is InChI=1S/C15H17Cl2NO/c1-2-3-8-18-10-12-5-7-15(19-12)13-6-4-11(16)9-14(13)17/h4-7,9,18H,2-3,8,10H2,1H3/p+1. The Hall–Kier alpha value is -0.960. The minimum absolute atomic E-state index is 0.614. The Kier molecular flexibility index (Phi) is 5.32. The van der Waals surface area contributed by atoms with Gasteiger partial charge in [0.25, 0.3) is 0 Å². The fourth-order valence-electron chi connectivity index (χ4n) is 1.91. The number of benzene rings is 1. The second-order valence-corrected chi connectivity index (χ2v) is 5.37. The van der Waals surface area contributed by atoms with Crippen molar-refractivity contribution < 1.29 is 9.73 Å². The lowest BCUT2D eigenvalue weighted by molar-refractivity contribution is -0.672. The van der Waals surface area contributed by atoms with Gasteiger partial charge in [-0.1, -0.05) is 36.5 Å². The highest BCUT2D eigenvalue weighted by Crippen LogP contribution is 2.31. The summed E-state index contributed by atoms with van der Waals surface area (Å²) in [6.45, 7) is 4.20. The molecule has 0 fully saturated rings. The molecule has 0 spiro atoms. The second-order valence-electron chi connectivity index (χ2n) is 4.53. The van der Waals surface area contributed by atoms with Gasteiger partial charge in [-0.3, -0.25) is 0 Å². The van der Waals surface area contributed by atoms with Crippen LogP contribution in [0.5, 0.6) is 0 Å². The van der Waals surface area contributed by atoms with Gasteiger partial charge in [0, 0.05) is 10.6 Å². The summed E-state index contributed by atoms with van der Waals surface area (Å²) in [6.07, 6.45) is 2.46. The number of hydrogen-bond donors (Lipinski definition) is 1. The molecule has 0 saturated carbocycles. The quantitative estimate of drug-likeness (QED) is 0.799. The number of hydrogen-bond acceptors (Lipinski definition) is 1. The maximum Gasteiger partial charge on any atom is 0.158 e. The summed E-state index contributed by atoms with van der Waals surface area (Å²) in [5, 5.41) is 3.51. The van der Waals surface area contributed by atoms with Gasteiger partial charge >= 0.3 is 0 Å². The molecule has 2 rings (SSSR count). The van der Waals surface area contributed by atoms with Gasteiger partial charge in [0.2, 0.25) is 0 Å². The summed E-state index contributed by atoms with van der Waals surface area (Å²) < 4.78 is 5.81.